The van der Waals surface area contributed by atoms with Crippen LogP contribution < -0.4 is 10.6 Å². The van der Waals surface area contributed by atoms with Crippen molar-refractivity contribution in [2.24, 2.45) is 0 Å². The normalized spacial score (nSPS) is 10.8. The molecule has 7 heteroatoms. The maximum Gasteiger partial charge on any atom is 0.255 e. The van der Waals surface area contributed by atoms with E-state index in [9.17, 15) is 4.79 Å². The van der Waals surface area contributed by atoms with Crippen molar-refractivity contribution in [3.8, 4) is 0 Å². The number of aryl methyl sites for hydroxylation is 4. The highest BCUT2D eigenvalue weighted by atomic mass is 16.1. The summed E-state index contributed by atoms with van der Waals surface area (Å²) in [5, 5.41) is 6.31. The molecule has 0 bridgehead atoms. The molecule has 0 aliphatic carbocycles. The van der Waals surface area contributed by atoms with Crippen LogP contribution in [0.1, 0.15) is 39.9 Å². The maximum atomic E-state index is 13.0. The fourth-order valence-corrected chi connectivity index (χ4v) is 3.32. The molecule has 7 nitrogen and oxygen atoms in total. The second kappa shape index (κ2) is 8.47. The van der Waals surface area contributed by atoms with E-state index < -0.39 is 0 Å². The molecule has 2 N–H and O–H groups in total. The highest BCUT2D eigenvalue weighted by Crippen LogP contribution is 2.25. The minimum Gasteiger partial charge on any atom is -0.340 e. The van der Waals surface area contributed by atoms with Gasteiger partial charge in [-0.3, -0.25) is 4.79 Å². The number of nitrogens with one attached hydrogen (secondary N) is 2. The standard InChI is InChI=1S/C24H24N6O/c1-5-17-6-8-19(29-23-10-14(2)25-13-26-23)12-21(17)30-24(31)18-7-9-20-22(11-18)28-16(4)15(3)27-20/h6-13H,5H2,1-4H3,(H,30,31)(H,25,26,29). The summed E-state index contributed by atoms with van der Waals surface area (Å²) in [6.07, 6.45) is 2.32. The minimum atomic E-state index is -0.188. The van der Waals surface area contributed by atoms with Gasteiger partial charge in [-0.1, -0.05) is 13.0 Å². The Morgan fingerprint density at radius 2 is 1.68 bits per heavy atom. The van der Waals surface area contributed by atoms with Crippen molar-refractivity contribution in [3.05, 3.63) is 77.0 Å². The van der Waals surface area contributed by atoms with Crippen LogP contribution in [-0.2, 0) is 6.42 Å². The minimum absolute atomic E-state index is 0.188. The number of nitrogens with zero attached hydrogens (tertiary/aromatic N) is 4. The molecule has 0 unspecified atom stereocenters. The van der Waals surface area contributed by atoms with Gasteiger partial charge in [0.25, 0.3) is 5.91 Å². The van der Waals surface area contributed by atoms with Crippen LogP contribution >= 0.6 is 0 Å². The molecular weight excluding hydrogens is 388 g/mol. The van der Waals surface area contributed by atoms with Crippen molar-refractivity contribution < 1.29 is 4.79 Å². The van der Waals surface area contributed by atoms with E-state index in [1.54, 1.807) is 12.1 Å². The molecule has 31 heavy (non-hydrogen) atoms. The number of fused-ring (bicyclic) bond motifs is 1. The average molecular weight is 412 g/mol. The molecule has 4 rings (SSSR count). The lowest BCUT2D eigenvalue weighted by atomic mass is 10.1. The van der Waals surface area contributed by atoms with Gasteiger partial charge in [0.2, 0.25) is 0 Å². The Kier molecular flexibility index (Phi) is 5.58. The molecule has 0 radical (unpaired) electrons. The van der Waals surface area contributed by atoms with Gasteiger partial charge in [0.1, 0.15) is 12.1 Å². The van der Waals surface area contributed by atoms with Gasteiger partial charge in [0.05, 0.1) is 22.4 Å². The molecule has 156 valence electrons. The quantitative estimate of drug-likeness (QED) is 0.484. The monoisotopic (exact) mass is 412 g/mol. The fraction of sp³-hybridized carbons (Fsp3) is 0.208. The largest absolute Gasteiger partial charge is 0.340 e. The van der Waals surface area contributed by atoms with Gasteiger partial charge in [-0.05, 0) is 63.1 Å². The Morgan fingerprint density at radius 3 is 2.42 bits per heavy atom. The first-order chi connectivity index (χ1) is 14.9. The lowest BCUT2D eigenvalue weighted by Crippen LogP contribution is -2.13. The number of hydrogen-bond donors (Lipinski definition) is 2. The lowest BCUT2D eigenvalue weighted by Gasteiger charge is -2.13. The molecule has 0 aliphatic heterocycles. The Hall–Kier alpha value is -3.87. The molecule has 1 amide bonds. The zero-order valence-electron chi connectivity index (χ0n) is 18.0. The number of hydrogen-bond acceptors (Lipinski definition) is 6. The van der Waals surface area contributed by atoms with Crippen LogP contribution in [0.3, 0.4) is 0 Å². The predicted octanol–water partition coefficient (Wildman–Crippen LogP) is 4.90. The number of amides is 1. The third kappa shape index (κ3) is 4.50. The van der Waals surface area contributed by atoms with Crippen LogP contribution in [0.5, 0.6) is 0 Å². The number of aromatic nitrogens is 4. The number of carbonyl (C=O) groups excluding carboxylic acids is 1. The Bertz CT molecular complexity index is 1280. The summed E-state index contributed by atoms with van der Waals surface area (Å²) in [6, 6.07) is 13.2. The van der Waals surface area contributed by atoms with E-state index in [1.165, 1.54) is 6.33 Å². The first-order valence-electron chi connectivity index (χ1n) is 10.2. The highest BCUT2D eigenvalue weighted by molar-refractivity contribution is 6.06. The van der Waals surface area contributed by atoms with Crippen LogP contribution in [0, 0.1) is 20.8 Å². The van der Waals surface area contributed by atoms with Gasteiger partial charge >= 0.3 is 0 Å². The Balaban J connectivity index is 1.60. The molecule has 2 aromatic heterocycles. The number of anilines is 3. The Morgan fingerprint density at radius 1 is 0.903 bits per heavy atom. The van der Waals surface area contributed by atoms with Gasteiger partial charge in [-0.15, -0.1) is 0 Å². The van der Waals surface area contributed by atoms with Gasteiger partial charge in [0, 0.05) is 28.7 Å². The summed E-state index contributed by atoms with van der Waals surface area (Å²) < 4.78 is 0. The number of carbonyl (C=O) groups is 1. The Labute approximate surface area is 181 Å². The van der Waals surface area contributed by atoms with Crippen molar-refractivity contribution in [1.82, 2.24) is 19.9 Å². The van der Waals surface area contributed by atoms with Crippen LogP contribution in [0.25, 0.3) is 11.0 Å². The second-order valence-electron chi connectivity index (χ2n) is 7.45. The second-order valence-corrected chi connectivity index (χ2v) is 7.45. The van der Waals surface area contributed by atoms with Crippen LogP contribution in [0.2, 0.25) is 0 Å². The van der Waals surface area contributed by atoms with Crippen molar-refractivity contribution in [1.29, 1.82) is 0 Å². The summed E-state index contributed by atoms with van der Waals surface area (Å²) in [4.78, 5) is 30.4. The third-order valence-corrected chi connectivity index (χ3v) is 5.15. The van der Waals surface area contributed by atoms with E-state index in [0.29, 0.717) is 16.9 Å². The van der Waals surface area contributed by atoms with Gasteiger partial charge < -0.3 is 10.6 Å². The molecular formula is C24H24N6O. The summed E-state index contributed by atoms with van der Waals surface area (Å²) >= 11 is 0. The summed E-state index contributed by atoms with van der Waals surface area (Å²) in [5.74, 6) is 0.513. The highest BCUT2D eigenvalue weighted by Gasteiger charge is 2.12. The first kappa shape index (κ1) is 20.4. The van der Waals surface area contributed by atoms with E-state index in [0.717, 1.165) is 46.0 Å². The smallest absolute Gasteiger partial charge is 0.255 e. The molecule has 0 atom stereocenters. The molecule has 4 aromatic rings. The van der Waals surface area contributed by atoms with Crippen molar-refractivity contribution in [2.45, 2.75) is 34.1 Å². The number of benzene rings is 2. The van der Waals surface area contributed by atoms with Gasteiger partial charge in [0.15, 0.2) is 0 Å². The summed E-state index contributed by atoms with van der Waals surface area (Å²) in [5.41, 5.74) is 7.29. The molecule has 0 saturated heterocycles. The van der Waals surface area contributed by atoms with Gasteiger partial charge in [-0.2, -0.15) is 0 Å². The molecule has 2 heterocycles. The van der Waals surface area contributed by atoms with E-state index in [4.69, 9.17) is 0 Å². The molecule has 2 aromatic carbocycles. The van der Waals surface area contributed by atoms with Crippen LogP contribution in [-0.4, -0.2) is 25.8 Å². The number of rotatable bonds is 5. The lowest BCUT2D eigenvalue weighted by molar-refractivity contribution is 0.102. The van der Waals surface area contributed by atoms with E-state index in [2.05, 4.69) is 37.5 Å². The predicted molar refractivity (Wildman–Crippen MR) is 123 cm³/mol. The van der Waals surface area contributed by atoms with Crippen LogP contribution in [0.15, 0.2) is 48.8 Å². The van der Waals surface area contributed by atoms with Gasteiger partial charge in [-0.25, -0.2) is 19.9 Å². The maximum absolute atomic E-state index is 13.0. The average Bonchev–Trinajstić information content (AvgIpc) is 2.74. The van der Waals surface area contributed by atoms with E-state index in [-0.39, 0.29) is 5.91 Å². The van der Waals surface area contributed by atoms with Crippen molar-refractivity contribution in [2.75, 3.05) is 10.6 Å². The SMILES string of the molecule is CCc1ccc(Nc2cc(C)ncn2)cc1NC(=O)c1ccc2nc(C)c(C)nc2c1. The molecule has 0 fully saturated rings. The van der Waals surface area contributed by atoms with Crippen molar-refractivity contribution in [3.63, 3.8) is 0 Å². The van der Waals surface area contributed by atoms with E-state index in [1.807, 2.05) is 51.1 Å². The zero-order chi connectivity index (χ0) is 22.0. The molecule has 0 spiro atoms. The summed E-state index contributed by atoms with van der Waals surface area (Å²) in [6.45, 7) is 7.82. The first-order valence-corrected chi connectivity index (χ1v) is 10.2. The topological polar surface area (TPSA) is 92.7 Å². The fourth-order valence-electron chi connectivity index (χ4n) is 3.32. The third-order valence-electron chi connectivity index (χ3n) is 5.15. The molecule has 0 saturated carbocycles. The molecule has 0 aliphatic rings. The van der Waals surface area contributed by atoms with E-state index >= 15 is 0 Å². The zero-order valence-corrected chi connectivity index (χ0v) is 18.0. The van der Waals surface area contributed by atoms with Crippen LogP contribution in [0.4, 0.5) is 17.2 Å². The van der Waals surface area contributed by atoms with Crippen molar-refractivity contribution >= 4 is 34.1 Å². The summed E-state index contributed by atoms with van der Waals surface area (Å²) in [7, 11) is 0.